The summed E-state index contributed by atoms with van der Waals surface area (Å²) in [6.45, 7) is 13.2. The van der Waals surface area contributed by atoms with Crippen LogP contribution in [0.25, 0.3) is 0 Å². The normalized spacial score (nSPS) is 29.3. The minimum absolute atomic E-state index is 0.770. The topological polar surface area (TPSA) is 9.72 Å². The van der Waals surface area contributed by atoms with Crippen molar-refractivity contribution in [2.75, 3.05) is 59.9 Å². The van der Waals surface area contributed by atoms with Crippen LogP contribution in [0.3, 0.4) is 0 Å². The first kappa shape index (κ1) is 14.3. The molecule has 1 aliphatic carbocycles. The molecule has 1 spiro atoms. The van der Waals surface area contributed by atoms with Crippen LogP contribution in [0.4, 0.5) is 0 Å². The maximum atomic E-state index is 2.68. The summed E-state index contributed by atoms with van der Waals surface area (Å²) in [5.74, 6) is 1.01. The van der Waals surface area contributed by atoms with Gasteiger partial charge >= 0.3 is 0 Å². The molecule has 2 saturated heterocycles. The van der Waals surface area contributed by atoms with Crippen LogP contribution in [0, 0.1) is 11.3 Å². The number of likely N-dealkylation sites (tertiary alicyclic amines) is 1. The van der Waals surface area contributed by atoms with Crippen LogP contribution in [0.2, 0.25) is 0 Å². The van der Waals surface area contributed by atoms with Crippen molar-refractivity contribution in [2.45, 2.75) is 26.7 Å². The Bertz CT molecular complexity index is 244. The zero-order valence-corrected chi connectivity index (χ0v) is 12.8. The summed E-state index contributed by atoms with van der Waals surface area (Å²) in [6, 6.07) is 0. The van der Waals surface area contributed by atoms with Crippen molar-refractivity contribution >= 4 is 0 Å². The zero-order valence-electron chi connectivity index (χ0n) is 12.8. The Kier molecular flexibility index (Phi) is 4.68. The molecular formula is C15H31N3. The van der Waals surface area contributed by atoms with E-state index in [1.165, 1.54) is 58.7 Å². The van der Waals surface area contributed by atoms with Crippen molar-refractivity contribution in [1.29, 1.82) is 0 Å². The standard InChI is InChI=1S/C13H25N3.C2H6/c1-14-3-5-16(6-4-14)9-12-7-13(8-12)10-15(2)11-13;1-2/h12H,3-11H2,1-2H3;1-2H3. The van der Waals surface area contributed by atoms with E-state index in [2.05, 4.69) is 28.8 Å². The Morgan fingerprint density at radius 3 is 1.94 bits per heavy atom. The molecule has 106 valence electrons. The maximum absolute atomic E-state index is 2.68. The Balaban J connectivity index is 0.000000574. The summed E-state index contributed by atoms with van der Waals surface area (Å²) >= 11 is 0. The molecule has 3 fully saturated rings. The summed E-state index contributed by atoms with van der Waals surface area (Å²) in [5, 5.41) is 0. The van der Waals surface area contributed by atoms with Crippen molar-refractivity contribution in [2.24, 2.45) is 11.3 Å². The van der Waals surface area contributed by atoms with Gasteiger partial charge in [0.25, 0.3) is 0 Å². The monoisotopic (exact) mass is 253 g/mol. The van der Waals surface area contributed by atoms with Gasteiger partial charge in [0.15, 0.2) is 0 Å². The van der Waals surface area contributed by atoms with E-state index >= 15 is 0 Å². The highest BCUT2D eigenvalue weighted by Crippen LogP contribution is 2.51. The molecule has 0 bridgehead atoms. The van der Waals surface area contributed by atoms with Gasteiger partial charge in [-0.1, -0.05) is 13.8 Å². The second kappa shape index (κ2) is 5.89. The highest BCUT2D eigenvalue weighted by Gasteiger charge is 2.50. The van der Waals surface area contributed by atoms with Crippen LogP contribution in [-0.2, 0) is 0 Å². The van der Waals surface area contributed by atoms with Crippen molar-refractivity contribution in [1.82, 2.24) is 14.7 Å². The molecule has 0 N–H and O–H groups in total. The quantitative estimate of drug-likeness (QED) is 0.740. The number of piperazine rings is 1. The van der Waals surface area contributed by atoms with Gasteiger partial charge < -0.3 is 14.7 Å². The van der Waals surface area contributed by atoms with Crippen molar-refractivity contribution < 1.29 is 0 Å². The summed E-state index contributed by atoms with van der Waals surface area (Å²) in [5.41, 5.74) is 0.770. The molecule has 0 aromatic carbocycles. The predicted octanol–water partition coefficient (Wildman–Crippen LogP) is 1.60. The minimum Gasteiger partial charge on any atom is -0.305 e. The van der Waals surface area contributed by atoms with Crippen LogP contribution < -0.4 is 0 Å². The molecule has 0 aromatic rings. The van der Waals surface area contributed by atoms with Crippen molar-refractivity contribution in [3.8, 4) is 0 Å². The third kappa shape index (κ3) is 3.06. The molecule has 3 nitrogen and oxygen atoms in total. The van der Waals surface area contributed by atoms with Crippen LogP contribution in [0.1, 0.15) is 26.7 Å². The van der Waals surface area contributed by atoms with E-state index in [4.69, 9.17) is 0 Å². The number of hydrogen-bond donors (Lipinski definition) is 0. The van der Waals surface area contributed by atoms with E-state index < -0.39 is 0 Å². The highest BCUT2D eigenvalue weighted by atomic mass is 15.2. The number of hydrogen-bond acceptors (Lipinski definition) is 3. The summed E-state index contributed by atoms with van der Waals surface area (Å²) in [7, 11) is 4.49. The molecule has 1 saturated carbocycles. The highest BCUT2D eigenvalue weighted by molar-refractivity contribution is 5.03. The molecule has 0 radical (unpaired) electrons. The largest absolute Gasteiger partial charge is 0.305 e. The lowest BCUT2D eigenvalue weighted by Crippen LogP contribution is -2.62. The van der Waals surface area contributed by atoms with Gasteiger partial charge in [0.1, 0.15) is 0 Å². The van der Waals surface area contributed by atoms with Gasteiger partial charge in [0, 0.05) is 45.8 Å². The van der Waals surface area contributed by atoms with Gasteiger partial charge in [0.2, 0.25) is 0 Å². The lowest BCUT2D eigenvalue weighted by molar-refractivity contribution is -0.0903. The smallest absolute Gasteiger partial charge is 0.0110 e. The van der Waals surface area contributed by atoms with E-state index in [-0.39, 0.29) is 0 Å². The van der Waals surface area contributed by atoms with Gasteiger partial charge in [-0.05, 0) is 38.3 Å². The Labute approximate surface area is 113 Å². The second-order valence-electron chi connectivity index (χ2n) is 6.55. The second-order valence-corrected chi connectivity index (χ2v) is 6.55. The molecule has 18 heavy (non-hydrogen) atoms. The molecule has 3 rings (SSSR count). The van der Waals surface area contributed by atoms with E-state index in [0.29, 0.717) is 0 Å². The van der Waals surface area contributed by atoms with Gasteiger partial charge in [-0.25, -0.2) is 0 Å². The third-order valence-corrected chi connectivity index (χ3v) is 4.77. The lowest BCUT2D eigenvalue weighted by atomic mass is 9.58. The van der Waals surface area contributed by atoms with Gasteiger partial charge in [0.05, 0.1) is 0 Å². The molecular weight excluding hydrogens is 222 g/mol. The molecule has 2 aliphatic heterocycles. The Hall–Kier alpha value is -0.120. The third-order valence-electron chi connectivity index (χ3n) is 4.77. The number of likely N-dealkylation sites (N-methyl/N-ethyl adjacent to an activating group) is 1. The molecule has 0 amide bonds. The van der Waals surface area contributed by atoms with Crippen LogP contribution in [0.15, 0.2) is 0 Å². The number of nitrogens with zero attached hydrogens (tertiary/aromatic N) is 3. The van der Waals surface area contributed by atoms with Crippen LogP contribution >= 0.6 is 0 Å². The summed E-state index contributed by atoms with van der Waals surface area (Å²) < 4.78 is 0. The number of rotatable bonds is 2. The average molecular weight is 253 g/mol. The first-order valence-electron chi connectivity index (χ1n) is 7.75. The summed E-state index contributed by atoms with van der Waals surface area (Å²) in [6.07, 6.45) is 3.01. The Morgan fingerprint density at radius 2 is 1.44 bits per heavy atom. The molecule has 0 atom stereocenters. The van der Waals surface area contributed by atoms with Gasteiger partial charge in [-0.3, -0.25) is 0 Å². The molecule has 3 heteroatoms. The fourth-order valence-electron chi connectivity index (χ4n) is 4.05. The average Bonchev–Trinajstić information content (AvgIpc) is 2.30. The molecule has 2 heterocycles. The fourth-order valence-corrected chi connectivity index (χ4v) is 4.05. The fraction of sp³-hybridized carbons (Fsp3) is 1.00. The van der Waals surface area contributed by atoms with E-state index in [0.717, 1.165) is 11.3 Å². The van der Waals surface area contributed by atoms with Crippen LogP contribution in [-0.4, -0.2) is 74.6 Å². The first-order chi connectivity index (χ1) is 8.65. The first-order valence-corrected chi connectivity index (χ1v) is 7.75. The zero-order chi connectivity index (χ0) is 13.2. The van der Waals surface area contributed by atoms with E-state index in [1.807, 2.05) is 13.8 Å². The maximum Gasteiger partial charge on any atom is 0.0110 e. The van der Waals surface area contributed by atoms with Crippen molar-refractivity contribution in [3.63, 3.8) is 0 Å². The predicted molar refractivity (Wildman–Crippen MR) is 77.9 cm³/mol. The summed E-state index contributed by atoms with van der Waals surface area (Å²) in [4.78, 5) is 7.59. The Morgan fingerprint density at radius 1 is 0.889 bits per heavy atom. The van der Waals surface area contributed by atoms with Crippen LogP contribution in [0.5, 0.6) is 0 Å². The van der Waals surface area contributed by atoms with Gasteiger partial charge in [-0.15, -0.1) is 0 Å². The van der Waals surface area contributed by atoms with Gasteiger partial charge in [-0.2, -0.15) is 0 Å². The molecule has 0 unspecified atom stereocenters. The minimum atomic E-state index is 0.770. The molecule has 3 aliphatic rings. The SMILES string of the molecule is CC.CN1CCN(CC2CC3(C2)CN(C)C3)CC1. The van der Waals surface area contributed by atoms with Crippen molar-refractivity contribution in [3.05, 3.63) is 0 Å². The lowest BCUT2D eigenvalue weighted by Gasteiger charge is -2.59. The van der Waals surface area contributed by atoms with E-state index in [9.17, 15) is 0 Å². The van der Waals surface area contributed by atoms with E-state index in [1.54, 1.807) is 0 Å². The molecule has 0 aromatic heterocycles.